The number of carbonyl (C=O) groups excluding carboxylic acids is 1. The molecule has 1 aromatic rings. The molecule has 1 fully saturated rings. The molecule has 2 rings (SSSR count). The van der Waals surface area contributed by atoms with E-state index in [4.69, 9.17) is 5.11 Å². The van der Waals surface area contributed by atoms with Crippen LogP contribution in [0, 0.1) is 17.7 Å². The second-order valence-electron chi connectivity index (χ2n) is 6.25. The highest BCUT2D eigenvalue weighted by atomic mass is 79.9. The van der Waals surface area contributed by atoms with Crippen molar-refractivity contribution in [3.63, 3.8) is 0 Å². The van der Waals surface area contributed by atoms with Crippen molar-refractivity contribution in [2.24, 2.45) is 11.8 Å². The molecule has 23 heavy (non-hydrogen) atoms. The lowest BCUT2D eigenvalue weighted by molar-refractivity contribution is -0.142. The van der Waals surface area contributed by atoms with Crippen LogP contribution >= 0.6 is 15.9 Å². The first kappa shape index (κ1) is 17.9. The molecular formula is C17H21BrFNO3. The Hall–Kier alpha value is -1.43. The van der Waals surface area contributed by atoms with Gasteiger partial charge < -0.3 is 10.4 Å². The van der Waals surface area contributed by atoms with Gasteiger partial charge in [-0.25, -0.2) is 4.39 Å². The van der Waals surface area contributed by atoms with E-state index in [1.54, 1.807) is 12.1 Å². The van der Waals surface area contributed by atoms with E-state index in [1.165, 1.54) is 6.07 Å². The molecule has 1 atom stereocenters. The minimum Gasteiger partial charge on any atom is -0.481 e. The number of hydrogen-bond donors (Lipinski definition) is 2. The third kappa shape index (κ3) is 5.03. The van der Waals surface area contributed by atoms with Crippen LogP contribution in [0.15, 0.2) is 22.7 Å². The highest BCUT2D eigenvalue weighted by molar-refractivity contribution is 9.10. The average Bonchev–Trinajstić information content (AvgIpc) is 2.51. The molecule has 0 aliphatic heterocycles. The summed E-state index contributed by atoms with van der Waals surface area (Å²) in [6.45, 7) is 1.84. The number of hydrogen-bond acceptors (Lipinski definition) is 2. The van der Waals surface area contributed by atoms with Crippen LogP contribution in [-0.4, -0.2) is 23.0 Å². The maximum Gasteiger partial charge on any atom is 0.306 e. The summed E-state index contributed by atoms with van der Waals surface area (Å²) in [6.07, 6.45) is 3.17. The van der Waals surface area contributed by atoms with Crippen LogP contribution in [0.5, 0.6) is 0 Å². The molecule has 0 aromatic heterocycles. The van der Waals surface area contributed by atoms with E-state index in [-0.39, 0.29) is 29.6 Å². The zero-order chi connectivity index (χ0) is 17.0. The van der Waals surface area contributed by atoms with Crippen molar-refractivity contribution in [1.29, 1.82) is 0 Å². The minimum absolute atomic E-state index is 0.0378. The topological polar surface area (TPSA) is 66.4 Å². The normalized spacial score (nSPS) is 22.4. The molecule has 0 saturated heterocycles. The fourth-order valence-electron chi connectivity index (χ4n) is 2.94. The number of aliphatic carboxylic acids is 1. The Labute approximate surface area is 143 Å². The van der Waals surface area contributed by atoms with Crippen molar-refractivity contribution < 1.29 is 19.1 Å². The smallest absolute Gasteiger partial charge is 0.306 e. The van der Waals surface area contributed by atoms with Crippen molar-refractivity contribution in [2.45, 2.75) is 45.1 Å². The summed E-state index contributed by atoms with van der Waals surface area (Å²) < 4.78 is 13.6. The second-order valence-corrected chi connectivity index (χ2v) is 7.10. The third-order valence-electron chi connectivity index (χ3n) is 4.40. The largest absolute Gasteiger partial charge is 0.481 e. The first-order valence-corrected chi connectivity index (χ1v) is 8.63. The average molecular weight is 386 g/mol. The molecule has 0 heterocycles. The zero-order valence-corrected chi connectivity index (χ0v) is 14.6. The molecule has 4 nitrogen and oxygen atoms in total. The molecule has 1 aromatic carbocycles. The molecule has 0 radical (unpaired) electrons. The Bertz CT molecular complexity index is 585. The SMILES string of the molecule is CC(Cc1ccc(F)c(Br)c1)C(=O)NC1CCC(C(=O)O)CC1. The van der Waals surface area contributed by atoms with Gasteiger partial charge in [-0.1, -0.05) is 13.0 Å². The molecule has 1 saturated carbocycles. The van der Waals surface area contributed by atoms with E-state index >= 15 is 0 Å². The molecule has 2 N–H and O–H groups in total. The van der Waals surface area contributed by atoms with Gasteiger partial charge >= 0.3 is 5.97 Å². The number of halogens is 2. The number of carbonyl (C=O) groups is 2. The van der Waals surface area contributed by atoms with Gasteiger partial charge in [-0.3, -0.25) is 9.59 Å². The lowest BCUT2D eigenvalue weighted by atomic mass is 9.86. The van der Waals surface area contributed by atoms with Crippen LogP contribution in [0.4, 0.5) is 4.39 Å². The van der Waals surface area contributed by atoms with Gasteiger partial charge in [0.1, 0.15) is 5.82 Å². The van der Waals surface area contributed by atoms with E-state index in [0.29, 0.717) is 36.6 Å². The van der Waals surface area contributed by atoms with Gasteiger partial charge in [-0.05, 0) is 65.7 Å². The molecule has 1 amide bonds. The summed E-state index contributed by atoms with van der Waals surface area (Å²) in [7, 11) is 0. The standard InChI is InChI=1S/C17H21BrFNO3/c1-10(8-11-2-7-15(19)14(18)9-11)16(21)20-13-5-3-12(4-6-13)17(22)23/h2,7,9-10,12-13H,3-6,8H2,1H3,(H,20,21)(H,22,23). The Morgan fingerprint density at radius 3 is 2.57 bits per heavy atom. The van der Waals surface area contributed by atoms with Crippen molar-refractivity contribution in [3.8, 4) is 0 Å². The maximum atomic E-state index is 13.2. The lowest BCUT2D eigenvalue weighted by Crippen LogP contribution is -2.41. The van der Waals surface area contributed by atoms with Crippen LogP contribution in [-0.2, 0) is 16.0 Å². The summed E-state index contributed by atoms with van der Waals surface area (Å²) in [6, 6.07) is 4.82. The summed E-state index contributed by atoms with van der Waals surface area (Å²) in [5.74, 6) is -1.60. The van der Waals surface area contributed by atoms with E-state index in [0.717, 1.165) is 5.56 Å². The van der Waals surface area contributed by atoms with Crippen LogP contribution in [0.3, 0.4) is 0 Å². The zero-order valence-electron chi connectivity index (χ0n) is 13.0. The van der Waals surface area contributed by atoms with Gasteiger partial charge in [-0.15, -0.1) is 0 Å². The van der Waals surface area contributed by atoms with Crippen molar-refractivity contribution in [2.75, 3.05) is 0 Å². The third-order valence-corrected chi connectivity index (χ3v) is 5.00. The van der Waals surface area contributed by atoms with Crippen LogP contribution in [0.25, 0.3) is 0 Å². The Balaban J connectivity index is 1.83. The number of nitrogens with one attached hydrogen (secondary N) is 1. The van der Waals surface area contributed by atoms with Crippen molar-refractivity contribution >= 4 is 27.8 Å². The molecule has 0 bridgehead atoms. The van der Waals surface area contributed by atoms with Crippen LogP contribution < -0.4 is 5.32 Å². The Morgan fingerprint density at radius 1 is 1.35 bits per heavy atom. The monoisotopic (exact) mass is 385 g/mol. The first-order chi connectivity index (χ1) is 10.9. The van der Waals surface area contributed by atoms with E-state index in [1.807, 2.05) is 6.92 Å². The Kier molecular flexibility index (Phi) is 6.16. The summed E-state index contributed by atoms with van der Waals surface area (Å²) in [5, 5.41) is 12.0. The first-order valence-electron chi connectivity index (χ1n) is 7.84. The molecular weight excluding hydrogens is 365 g/mol. The number of rotatable bonds is 5. The molecule has 6 heteroatoms. The predicted octanol–water partition coefficient (Wildman–Crippen LogP) is 3.53. The number of amides is 1. The van der Waals surface area contributed by atoms with Crippen LogP contribution in [0.1, 0.15) is 38.2 Å². The van der Waals surface area contributed by atoms with Gasteiger partial charge in [0.05, 0.1) is 10.4 Å². The fraction of sp³-hybridized carbons (Fsp3) is 0.529. The summed E-state index contributed by atoms with van der Waals surface area (Å²) >= 11 is 3.15. The molecule has 1 aliphatic rings. The molecule has 1 unspecified atom stereocenters. The predicted molar refractivity (Wildman–Crippen MR) is 88.5 cm³/mol. The maximum absolute atomic E-state index is 13.2. The van der Waals surface area contributed by atoms with Crippen molar-refractivity contribution in [1.82, 2.24) is 5.32 Å². The summed E-state index contributed by atoms with van der Waals surface area (Å²) in [4.78, 5) is 23.2. The second kappa shape index (κ2) is 7.90. The summed E-state index contributed by atoms with van der Waals surface area (Å²) in [5.41, 5.74) is 0.899. The van der Waals surface area contributed by atoms with E-state index in [2.05, 4.69) is 21.2 Å². The molecule has 126 valence electrons. The number of carboxylic acid groups (broad SMARTS) is 1. The fourth-order valence-corrected chi connectivity index (χ4v) is 3.37. The van der Waals surface area contributed by atoms with E-state index in [9.17, 15) is 14.0 Å². The Morgan fingerprint density at radius 2 is 2.00 bits per heavy atom. The van der Waals surface area contributed by atoms with Gasteiger partial charge in [0.25, 0.3) is 0 Å². The highest BCUT2D eigenvalue weighted by Crippen LogP contribution is 2.25. The molecule has 0 spiro atoms. The van der Waals surface area contributed by atoms with Crippen LogP contribution in [0.2, 0.25) is 0 Å². The van der Waals surface area contributed by atoms with Gasteiger partial charge in [0, 0.05) is 12.0 Å². The van der Waals surface area contributed by atoms with Gasteiger partial charge in [0.2, 0.25) is 5.91 Å². The van der Waals surface area contributed by atoms with Gasteiger partial charge in [-0.2, -0.15) is 0 Å². The minimum atomic E-state index is -0.745. The van der Waals surface area contributed by atoms with E-state index < -0.39 is 5.97 Å². The number of carboxylic acids is 1. The van der Waals surface area contributed by atoms with Gasteiger partial charge in [0.15, 0.2) is 0 Å². The lowest BCUT2D eigenvalue weighted by Gasteiger charge is -2.27. The highest BCUT2D eigenvalue weighted by Gasteiger charge is 2.27. The van der Waals surface area contributed by atoms with Crippen molar-refractivity contribution in [3.05, 3.63) is 34.1 Å². The molecule has 1 aliphatic carbocycles. The quantitative estimate of drug-likeness (QED) is 0.814. The number of benzene rings is 1.